The van der Waals surface area contributed by atoms with Crippen molar-refractivity contribution in [2.45, 2.75) is 19.4 Å². The van der Waals surface area contributed by atoms with E-state index in [1.165, 1.54) is 22.3 Å². The molecule has 0 fully saturated rings. The van der Waals surface area contributed by atoms with Gasteiger partial charge in [0.2, 0.25) is 0 Å². The molecule has 0 spiro atoms. The topological polar surface area (TPSA) is 21.3 Å². The number of rotatable bonds is 6. The Morgan fingerprint density at radius 3 is 2.48 bits per heavy atom. The number of ether oxygens (including phenoxy) is 1. The van der Waals surface area contributed by atoms with Crippen LogP contribution in [0.1, 0.15) is 28.3 Å². The minimum atomic E-state index is 0.153. The highest BCUT2D eigenvalue weighted by atomic mass is 35.5. The van der Waals surface area contributed by atoms with E-state index in [4.69, 9.17) is 16.3 Å². The minimum Gasteiger partial charge on any atom is -0.384 e. The summed E-state index contributed by atoms with van der Waals surface area (Å²) < 4.78 is 5.12. The standard InChI is InChI=1S/C18H22ClNO/c1-13-4-9-16(19)12-17(13)18(20-2)15-7-5-14(6-8-15)10-11-21-3/h4-9,12,18,20H,10-11H2,1-3H3. The molecule has 112 valence electrons. The lowest BCUT2D eigenvalue weighted by atomic mass is 9.94. The molecule has 0 radical (unpaired) electrons. The largest absolute Gasteiger partial charge is 0.384 e. The molecule has 0 heterocycles. The molecule has 0 saturated heterocycles. The number of halogens is 1. The fourth-order valence-corrected chi connectivity index (χ4v) is 2.70. The van der Waals surface area contributed by atoms with Gasteiger partial charge in [-0.05, 0) is 54.8 Å². The van der Waals surface area contributed by atoms with Crippen molar-refractivity contribution in [1.29, 1.82) is 0 Å². The number of hydrogen-bond donors (Lipinski definition) is 1. The van der Waals surface area contributed by atoms with Crippen molar-refractivity contribution in [3.05, 3.63) is 69.7 Å². The zero-order valence-corrected chi connectivity index (χ0v) is 13.6. The first-order chi connectivity index (χ1) is 10.2. The van der Waals surface area contributed by atoms with E-state index in [9.17, 15) is 0 Å². The Bertz CT molecular complexity index is 580. The number of hydrogen-bond acceptors (Lipinski definition) is 2. The van der Waals surface area contributed by atoms with Crippen LogP contribution in [0.3, 0.4) is 0 Å². The Kier molecular flexibility index (Phi) is 5.80. The van der Waals surface area contributed by atoms with Crippen LogP contribution < -0.4 is 5.32 Å². The molecule has 1 N–H and O–H groups in total. The Balaban J connectivity index is 2.26. The van der Waals surface area contributed by atoms with Crippen LogP contribution in [0.15, 0.2) is 42.5 Å². The van der Waals surface area contributed by atoms with Crippen molar-refractivity contribution in [2.75, 3.05) is 20.8 Å². The molecule has 2 aromatic carbocycles. The smallest absolute Gasteiger partial charge is 0.0577 e. The summed E-state index contributed by atoms with van der Waals surface area (Å²) >= 11 is 6.15. The van der Waals surface area contributed by atoms with Crippen molar-refractivity contribution < 1.29 is 4.74 Å². The molecule has 0 aliphatic heterocycles. The molecule has 1 atom stereocenters. The highest BCUT2D eigenvalue weighted by molar-refractivity contribution is 6.30. The van der Waals surface area contributed by atoms with E-state index in [-0.39, 0.29) is 6.04 Å². The molecule has 2 aromatic rings. The molecule has 0 aliphatic carbocycles. The second-order valence-corrected chi connectivity index (χ2v) is 5.64. The Hall–Kier alpha value is -1.35. The SMILES string of the molecule is CNC(c1ccc(CCOC)cc1)c1cc(Cl)ccc1C. The monoisotopic (exact) mass is 303 g/mol. The van der Waals surface area contributed by atoms with Gasteiger partial charge in [-0.1, -0.05) is 41.9 Å². The van der Waals surface area contributed by atoms with Crippen molar-refractivity contribution in [2.24, 2.45) is 0 Å². The summed E-state index contributed by atoms with van der Waals surface area (Å²) in [7, 11) is 3.71. The molecule has 0 amide bonds. The van der Waals surface area contributed by atoms with Gasteiger partial charge in [0.25, 0.3) is 0 Å². The number of aryl methyl sites for hydroxylation is 1. The van der Waals surface area contributed by atoms with Gasteiger partial charge in [0, 0.05) is 12.1 Å². The molecule has 2 nitrogen and oxygen atoms in total. The normalized spacial score (nSPS) is 12.4. The van der Waals surface area contributed by atoms with Crippen LogP contribution in [0.5, 0.6) is 0 Å². The van der Waals surface area contributed by atoms with E-state index < -0.39 is 0 Å². The number of benzene rings is 2. The first-order valence-corrected chi connectivity index (χ1v) is 7.54. The van der Waals surface area contributed by atoms with Crippen LogP contribution in [-0.4, -0.2) is 20.8 Å². The molecular weight excluding hydrogens is 282 g/mol. The number of methoxy groups -OCH3 is 1. The summed E-state index contributed by atoms with van der Waals surface area (Å²) in [6, 6.07) is 14.9. The van der Waals surface area contributed by atoms with E-state index >= 15 is 0 Å². The molecule has 3 heteroatoms. The first kappa shape index (κ1) is 16.0. The van der Waals surface area contributed by atoms with E-state index in [2.05, 4.69) is 42.6 Å². The summed E-state index contributed by atoms with van der Waals surface area (Å²) in [6.45, 7) is 2.87. The molecule has 2 rings (SSSR count). The lowest BCUT2D eigenvalue weighted by molar-refractivity contribution is 0.202. The van der Waals surface area contributed by atoms with Gasteiger partial charge in [-0.15, -0.1) is 0 Å². The maximum absolute atomic E-state index is 6.15. The van der Waals surface area contributed by atoms with Gasteiger partial charge in [-0.3, -0.25) is 0 Å². The third kappa shape index (κ3) is 4.07. The zero-order valence-electron chi connectivity index (χ0n) is 12.8. The Labute approximate surface area is 132 Å². The molecular formula is C18H22ClNO. The molecule has 0 aliphatic rings. The van der Waals surface area contributed by atoms with Gasteiger partial charge in [-0.2, -0.15) is 0 Å². The average molecular weight is 304 g/mol. The fourth-order valence-electron chi connectivity index (χ4n) is 2.52. The third-order valence-electron chi connectivity index (χ3n) is 3.75. The molecule has 0 saturated carbocycles. The predicted octanol–water partition coefficient (Wildman–Crippen LogP) is 4.15. The fraction of sp³-hybridized carbons (Fsp3) is 0.333. The van der Waals surface area contributed by atoms with Gasteiger partial charge in [0.1, 0.15) is 0 Å². The zero-order chi connectivity index (χ0) is 15.2. The molecule has 0 bridgehead atoms. The number of nitrogens with one attached hydrogen (secondary N) is 1. The summed E-state index contributed by atoms with van der Waals surface area (Å²) in [5.74, 6) is 0. The van der Waals surface area contributed by atoms with E-state index in [0.29, 0.717) is 0 Å². The van der Waals surface area contributed by atoms with Gasteiger partial charge in [0.05, 0.1) is 12.6 Å². The van der Waals surface area contributed by atoms with Crippen LogP contribution in [0.2, 0.25) is 5.02 Å². The molecule has 21 heavy (non-hydrogen) atoms. The maximum atomic E-state index is 6.15. The van der Waals surface area contributed by atoms with Gasteiger partial charge >= 0.3 is 0 Å². The van der Waals surface area contributed by atoms with E-state index in [1.54, 1.807) is 7.11 Å². The lowest BCUT2D eigenvalue weighted by Gasteiger charge is -2.20. The summed E-state index contributed by atoms with van der Waals surface area (Å²) in [5, 5.41) is 4.15. The summed E-state index contributed by atoms with van der Waals surface area (Å²) in [5.41, 5.74) is 4.99. The van der Waals surface area contributed by atoms with Crippen LogP contribution in [0.4, 0.5) is 0 Å². The van der Waals surface area contributed by atoms with Gasteiger partial charge < -0.3 is 10.1 Å². The molecule has 0 aromatic heterocycles. The Morgan fingerprint density at radius 2 is 1.86 bits per heavy atom. The second-order valence-electron chi connectivity index (χ2n) is 5.21. The van der Waals surface area contributed by atoms with Crippen molar-refractivity contribution >= 4 is 11.6 Å². The van der Waals surface area contributed by atoms with Crippen molar-refractivity contribution in [1.82, 2.24) is 5.32 Å². The second kappa shape index (κ2) is 7.60. The highest BCUT2D eigenvalue weighted by Crippen LogP contribution is 2.27. The van der Waals surface area contributed by atoms with Gasteiger partial charge in [-0.25, -0.2) is 0 Å². The quantitative estimate of drug-likeness (QED) is 0.866. The van der Waals surface area contributed by atoms with Crippen LogP contribution >= 0.6 is 11.6 Å². The van der Waals surface area contributed by atoms with E-state index in [1.807, 2.05) is 19.2 Å². The average Bonchev–Trinajstić information content (AvgIpc) is 2.50. The van der Waals surface area contributed by atoms with Crippen molar-refractivity contribution in [3.8, 4) is 0 Å². The lowest BCUT2D eigenvalue weighted by Crippen LogP contribution is -2.18. The maximum Gasteiger partial charge on any atom is 0.0577 e. The first-order valence-electron chi connectivity index (χ1n) is 7.16. The molecule has 1 unspecified atom stereocenters. The minimum absolute atomic E-state index is 0.153. The summed E-state index contributed by atoms with van der Waals surface area (Å²) in [6.07, 6.45) is 0.942. The van der Waals surface area contributed by atoms with Crippen LogP contribution in [0, 0.1) is 6.92 Å². The van der Waals surface area contributed by atoms with Gasteiger partial charge in [0.15, 0.2) is 0 Å². The van der Waals surface area contributed by atoms with Crippen LogP contribution in [0.25, 0.3) is 0 Å². The highest BCUT2D eigenvalue weighted by Gasteiger charge is 2.14. The predicted molar refractivity (Wildman–Crippen MR) is 89.1 cm³/mol. The Morgan fingerprint density at radius 1 is 1.14 bits per heavy atom. The van der Waals surface area contributed by atoms with Crippen LogP contribution in [-0.2, 0) is 11.2 Å². The third-order valence-corrected chi connectivity index (χ3v) is 3.98. The van der Waals surface area contributed by atoms with E-state index in [0.717, 1.165) is 18.1 Å². The summed E-state index contributed by atoms with van der Waals surface area (Å²) in [4.78, 5) is 0. The van der Waals surface area contributed by atoms with Crippen molar-refractivity contribution in [3.63, 3.8) is 0 Å².